The summed E-state index contributed by atoms with van der Waals surface area (Å²) in [6, 6.07) is 7.36. The summed E-state index contributed by atoms with van der Waals surface area (Å²) in [5.74, 6) is 0.615. The van der Waals surface area contributed by atoms with Gasteiger partial charge in [0.1, 0.15) is 6.17 Å². The second kappa shape index (κ2) is 6.83. The minimum atomic E-state index is -0.902. The SMILES string of the molecule is O=C(Cc1cccs1)NC[C@@H]1C[C@H](F)CN1c1cccnn1. The lowest BCUT2D eigenvalue weighted by atomic mass is 10.2. The fourth-order valence-electron chi connectivity index (χ4n) is 2.65. The average molecular weight is 320 g/mol. The lowest BCUT2D eigenvalue weighted by molar-refractivity contribution is -0.120. The number of carbonyl (C=O) groups is 1. The van der Waals surface area contributed by atoms with Crippen molar-refractivity contribution in [3.05, 3.63) is 40.7 Å². The maximum Gasteiger partial charge on any atom is 0.225 e. The quantitative estimate of drug-likeness (QED) is 0.913. The topological polar surface area (TPSA) is 58.1 Å². The highest BCUT2D eigenvalue weighted by molar-refractivity contribution is 7.10. The zero-order valence-electron chi connectivity index (χ0n) is 12.0. The summed E-state index contributed by atoms with van der Waals surface area (Å²) in [6.07, 6.45) is 1.45. The molecule has 2 aromatic rings. The molecule has 116 valence electrons. The van der Waals surface area contributed by atoms with Crippen molar-refractivity contribution in [3.63, 3.8) is 0 Å². The molecule has 3 heterocycles. The average Bonchev–Trinajstić information content (AvgIpc) is 3.15. The van der Waals surface area contributed by atoms with Crippen molar-refractivity contribution in [2.24, 2.45) is 0 Å². The molecule has 0 spiro atoms. The Balaban J connectivity index is 1.57. The van der Waals surface area contributed by atoms with Crippen molar-refractivity contribution in [3.8, 4) is 0 Å². The zero-order valence-corrected chi connectivity index (χ0v) is 12.8. The molecule has 1 N–H and O–H groups in total. The summed E-state index contributed by atoms with van der Waals surface area (Å²) in [5, 5.41) is 12.7. The lowest BCUT2D eigenvalue weighted by Gasteiger charge is -2.24. The highest BCUT2D eigenvalue weighted by atomic mass is 32.1. The molecule has 5 nitrogen and oxygen atoms in total. The van der Waals surface area contributed by atoms with E-state index in [1.54, 1.807) is 23.6 Å². The number of hydrogen-bond donors (Lipinski definition) is 1. The molecule has 0 aromatic carbocycles. The van der Waals surface area contributed by atoms with Gasteiger partial charge in [-0.25, -0.2) is 4.39 Å². The second-order valence-corrected chi connectivity index (χ2v) is 6.31. The van der Waals surface area contributed by atoms with E-state index in [1.165, 1.54) is 0 Å². The number of anilines is 1. The van der Waals surface area contributed by atoms with Gasteiger partial charge in [0.05, 0.1) is 19.0 Å². The van der Waals surface area contributed by atoms with Gasteiger partial charge < -0.3 is 10.2 Å². The lowest BCUT2D eigenvalue weighted by Crippen LogP contribution is -2.41. The number of nitrogens with one attached hydrogen (secondary N) is 1. The van der Waals surface area contributed by atoms with Crippen LogP contribution in [-0.2, 0) is 11.2 Å². The number of amides is 1. The van der Waals surface area contributed by atoms with Gasteiger partial charge in [0.25, 0.3) is 0 Å². The molecule has 2 atom stereocenters. The molecule has 3 rings (SSSR count). The standard InChI is InChI=1S/C15H17FN4OS/c16-11-7-12(20(10-11)14-4-1-5-18-19-14)9-17-15(21)8-13-3-2-6-22-13/h1-6,11-12H,7-10H2,(H,17,21)/t11-,12-/m0/s1. The van der Waals surface area contributed by atoms with Crippen LogP contribution in [-0.4, -0.2) is 41.4 Å². The number of nitrogens with zero attached hydrogens (tertiary/aromatic N) is 3. The van der Waals surface area contributed by atoms with Crippen LogP contribution in [0.25, 0.3) is 0 Å². The Morgan fingerprint density at radius 2 is 2.36 bits per heavy atom. The van der Waals surface area contributed by atoms with Crippen LogP contribution in [0.15, 0.2) is 35.8 Å². The summed E-state index contributed by atoms with van der Waals surface area (Å²) in [5.41, 5.74) is 0. The molecule has 1 saturated heterocycles. The molecule has 0 aliphatic carbocycles. The van der Waals surface area contributed by atoms with Gasteiger partial charge in [-0.15, -0.1) is 16.4 Å². The van der Waals surface area contributed by atoms with Crippen molar-refractivity contribution in [1.29, 1.82) is 0 Å². The molecule has 1 aliphatic heterocycles. The van der Waals surface area contributed by atoms with Crippen LogP contribution in [0.1, 0.15) is 11.3 Å². The van der Waals surface area contributed by atoms with E-state index in [2.05, 4.69) is 15.5 Å². The van der Waals surface area contributed by atoms with Crippen LogP contribution in [0.3, 0.4) is 0 Å². The van der Waals surface area contributed by atoms with Crippen molar-refractivity contribution >= 4 is 23.1 Å². The normalized spacial score (nSPS) is 21.0. The Hall–Kier alpha value is -2.02. The van der Waals surface area contributed by atoms with Gasteiger partial charge in [0.15, 0.2) is 5.82 Å². The number of thiophene rings is 1. The van der Waals surface area contributed by atoms with Gasteiger partial charge in [-0.3, -0.25) is 4.79 Å². The first-order chi connectivity index (χ1) is 10.7. The van der Waals surface area contributed by atoms with Crippen LogP contribution >= 0.6 is 11.3 Å². The van der Waals surface area contributed by atoms with Gasteiger partial charge in [-0.1, -0.05) is 6.07 Å². The summed E-state index contributed by atoms with van der Waals surface area (Å²) >= 11 is 1.56. The van der Waals surface area contributed by atoms with Crippen molar-refractivity contribution < 1.29 is 9.18 Å². The fraction of sp³-hybridized carbons (Fsp3) is 0.400. The van der Waals surface area contributed by atoms with Crippen LogP contribution < -0.4 is 10.2 Å². The van der Waals surface area contributed by atoms with Gasteiger partial charge in [-0.2, -0.15) is 5.10 Å². The molecule has 0 unspecified atom stereocenters. The smallest absolute Gasteiger partial charge is 0.225 e. The molecular weight excluding hydrogens is 303 g/mol. The Bertz CT molecular complexity index is 607. The Labute approximate surface area is 132 Å². The van der Waals surface area contributed by atoms with Crippen molar-refractivity contribution in [1.82, 2.24) is 15.5 Å². The summed E-state index contributed by atoms with van der Waals surface area (Å²) in [6.45, 7) is 0.714. The van der Waals surface area contributed by atoms with E-state index in [0.717, 1.165) is 4.88 Å². The maximum atomic E-state index is 13.7. The molecule has 1 fully saturated rings. The van der Waals surface area contributed by atoms with E-state index < -0.39 is 6.17 Å². The number of aromatic nitrogens is 2. The Kier molecular flexibility index (Phi) is 4.62. The van der Waals surface area contributed by atoms with E-state index in [0.29, 0.717) is 31.7 Å². The minimum absolute atomic E-state index is 0.0381. The van der Waals surface area contributed by atoms with E-state index in [9.17, 15) is 9.18 Å². The van der Waals surface area contributed by atoms with Crippen molar-refractivity contribution in [2.45, 2.75) is 25.1 Å². The van der Waals surface area contributed by atoms with Gasteiger partial charge in [-0.05, 0) is 23.6 Å². The minimum Gasteiger partial charge on any atom is -0.354 e. The number of carbonyl (C=O) groups excluding carboxylic acids is 1. The maximum absolute atomic E-state index is 13.7. The first kappa shape index (κ1) is 14.9. The third kappa shape index (κ3) is 3.59. The predicted octanol–water partition coefficient (Wildman–Crippen LogP) is 1.81. The van der Waals surface area contributed by atoms with Crippen molar-refractivity contribution in [2.75, 3.05) is 18.0 Å². The molecule has 0 radical (unpaired) electrons. The monoisotopic (exact) mass is 320 g/mol. The Morgan fingerprint density at radius 3 is 3.09 bits per heavy atom. The highest BCUT2D eigenvalue weighted by Gasteiger charge is 2.33. The fourth-order valence-corrected chi connectivity index (χ4v) is 3.35. The first-order valence-electron chi connectivity index (χ1n) is 7.20. The second-order valence-electron chi connectivity index (χ2n) is 5.28. The molecule has 22 heavy (non-hydrogen) atoms. The van der Waals surface area contributed by atoms with E-state index in [1.807, 2.05) is 28.5 Å². The zero-order chi connectivity index (χ0) is 15.4. The van der Waals surface area contributed by atoms with Crippen LogP contribution in [0.5, 0.6) is 0 Å². The highest BCUT2D eigenvalue weighted by Crippen LogP contribution is 2.24. The molecule has 1 aliphatic rings. The number of rotatable bonds is 5. The summed E-state index contributed by atoms with van der Waals surface area (Å²) < 4.78 is 13.7. The van der Waals surface area contributed by atoms with Crippen LogP contribution in [0, 0.1) is 0 Å². The molecule has 1 amide bonds. The van der Waals surface area contributed by atoms with Gasteiger partial charge >= 0.3 is 0 Å². The van der Waals surface area contributed by atoms with E-state index in [4.69, 9.17) is 0 Å². The summed E-state index contributed by atoms with van der Waals surface area (Å²) in [7, 11) is 0. The number of halogens is 1. The number of hydrogen-bond acceptors (Lipinski definition) is 5. The third-order valence-corrected chi connectivity index (χ3v) is 4.54. The molecule has 2 aromatic heterocycles. The predicted molar refractivity (Wildman–Crippen MR) is 83.7 cm³/mol. The van der Waals surface area contributed by atoms with Crippen LogP contribution in [0.2, 0.25) is 0 Å². The van der Waals surface area contributed by atoms with E-state index >= 15 is 0 Å². The molecule has 0 bridgehead atoms. The summed E-state index contributed by atoms with van der Waals surface area (Å²) in [4.78, 5) is 14.9. The number of alkyl halides is 1. The van der Waals surface area contributed by atoms with Gasteiger partial charge in [0.2, 0.25) is 5.91 Å². The molecule has 7 heteroatoms. The van der Waals surface area contributed by atoms with Gasteiger partial charge in [0, 0.05) is 24.0 Å². The van der Waals surface area contributed by atoms with Crippen LogP contribution in [0.4, 0.5) is 10.2 Å². The first-order valence-corrected chi connectivity index (χ1v) is 8.08. The molecule has 0 saturated carbocycles. The largest absolute Gasteiger partial charge is 0.354 e. The van der Waals surface area contributed by atoms with E-state index in [-0.39, 0.29) is 11.9 Å². The molecular formula is C15H17FN4OS. The third-order valence-electron chi connectivity index (χ3n) is 3.67. The Morgan fingerprint density at radius 1 is 1.45 bits per heavy atom.